The molecule has 2 saturated heterocycles. The van der Waals surface area contributed by atoms with E-state index in [1.807, 2.05) is 36.4 Å². The molecule has 2 aromatic carbocycles. The summed E-state index contributed by atoms with van der Waals surface area (Å²) in [4.78, 5) is 36.3. The van der Waals surface area contributed by atoms with Gasteiger partial charge >= 0.3 is 6.03 Å². The molecule has 4 N–H and O–H groups in total. The van der Waals surface area contributed by atoms with E-state index in [0.29, 0.717) is 17.4 Å². The van der Waals surface area contributed by atoms with Gasteiger partial charge in [-0.05, 0) is 35.4 Å². The van der Waals surface area contributed by atoms with Crippen molar-refractivity contribution in [2.24, 2.45) is 0 Å². The average molecular weight is 490 g/mol. The van der Waals surface area contributed by atoms with Crippen molar-refractivity contribution < 1.29 is 19.1 Å². The maximum Gasteiger partial charge on any atom is 0.322 e. The summed E-state index contributed by atoms with van der Waals surface area (Å²) in [6.07, 6.45) is 0. The van der Waals surface area contributed by atoms with Crippen molar-refractivity contribution in [3.8, 4) is 17.6 Å². The summed E-state index contributed by atoms with van der Waals surface area (Å²) in [5.74, 6) is 6.65. The lowest BCUT2D eigenvalue weighted by molar-refractivity contribution is -0.119. The Morgan fingerprint density at radius 3 is 2.43 bits per heavy atom. The number of nitrogens with one attached hydrogen (secondary N) is 4. The number of amides is 4. The van der Waals surface area contributed by atoms with Crippen molar-refractivity contribution in [3.63, 3.8) is 0 Å². The van der Waals surface area contributed by atoms with Gasteiger partial charge in [0, 0.05) is 24.7 Å². The van der Waals surface area contributed by atoms with Gasteiger partial charge < -0.3 is 25.6 Å². The maximum absolute atomic E-state index is 11.5. The van der Waals surface area contributed by atoms with Gasteiger partial charge in [0.1, 0.15) is 16.8 Å². The highest BCUT2D eigenvalue weighted by Crippen LogP contribution is 2.25. The summed E-state index contributed by atoms with van der Waals surface area (Å²) >= 11 is 5.23. The Balaban J connectivity index is 0.000000189. The average Bonchev–Trinajstić information content (AvgIpc) is 3.46. The highest BCUT2D eigenvalue weighted by molar-refractivity contribution is 7.80. The smallest absolute Gasteiger partial charge is 0.322 e. The number of hydrogen-bond acceptors (Lipinski definition) is 6. The third-order valence-corrected chi connectivity index (χ3v) is 5.87. The zero-order valence-corrected chi connectivity index (χ0v) is 19.9. The van der Waals surface area contributed by atoms with Gasteiger partial charge in [0.25, 0.3) is 11.8 Å². The third-order valence-electron chi connectivity index (χ3n) is 5.54. The predicted octanol–water partition coefficient (Wildman–Crippen LogP) is 1.56. The van der Waals surface area contributed by atoms with E-state index < -0.39 is 18.0 Å². The van der Waals surface area contributed by atoms with Gasteiger partial charge in [-0.2, -0.15) is 0 Å². The van der Waals surface area contributed by atoms with Crippen LogP contribution >= 0.6 is 12.2 Å². The quantitative estimate of drug-likeness (QED) is 0.288. The molecule has 3 aliphatic rings. The van der Waals surface area contributed by atoms with E-state index >= 15 is 0 Å². The Kier molecular flexibility index (Phi) is 6.71. The number of thiocarbonyl (C=S) groups is 1. The highest BCUT2D eigenvalue weighted by atomic mass is 32.1. The first kappa shape index (κ1) is 23.8. The number of urea groups is 1. The number of carbonyl (C=O) groups excluding carboxylic acids is 3. The molecule has 9 nitrogen and oxygen atoms in total. The van der Waals surface area contributed by atoms with Gasteiger partial charge in [0.05, 0.1) is 12.9 Å². The molecule has 0 spiro atoms. The minimum Gasteiger partial charge on any atom is -0.497 e. The number of methoxy groups -OCH3 is 1. The number of hydrogen-bond donors (Lipinski definition) is 4. The van der Waals surface area contributed by atoms with E-state index in [9.17, 15) is 14.4 Å². The van der Waals surface area contributed by atoms with E-state index in [0.717, 1.165) is 28.0 Å². The second kappa shape index (κ2) is 9.87. The molecule has 0 aromatic heterocycles. The van der Waals surface area contributed by atoms with E-state index in [4.69, 9.17) is 17.0 Å². The molecule has 10 heteroatoms. The molecule has 5 rings (SSSR count). The van der Waals surface area contributed by atoms with Crippen molar-refractivity contribution in [3.05, 3.63) is 77.1 Å². The lowest BCUT2D eigenvalue weighted by atomic mass is 10.1. The molecule has 3 heterocycles. The molecule has 0 saturated carbocycles. The molecule has 0 radical (unpaired) electrons. The van der Waals surface area contributed by atoms with Gasteiger partial charge in [-0.1, -0.05) is 48.8 Å². The Bertz CT molecular complexity index is 1300. The number of nitrogens with zero attached hydrogens (tertiary/aromatic N) is 1. The first-order chi connectivity index (χ1) is 16.7. The van der Waals surface area contributed by atoms with E-state index in [-0.39, 0.29) is 11.9 Å². The summed E-state index contributed by atoms with van der Waals surface area (Å²) in [5, 5.41) is 10.7. The van der Waals surface area contributed by atoms with Gasteiger partial charge in [-0.3, -0.25) is 14.9 Å². The van der Waals surface area contributed by atoms with Crippen LogP contribution in [0.3, 0.4) is 0 Å². The SMILES string of the molecule is C=C1NC(=S)C(c2ccc(C#CC3NC(=O)NC3=O)cc2)N1.COc1ccc2c(c1)C(=O)N(C)C2. The number of imide groups is 1. The van der Waals surface area contributed by atoms with Crippen LogP contribution in [0, 0.1) is 11.8 Å². The molecule has 35 heavy (non-hydrogen) atoms. The molecule has 178 valence electrons. The minimum atomic E-state index is -0.802. The van der Waals surface area contributed by atoms with E-state index in [2.05, 4.69) is 39.7 Å². The summed E-state index contributed by atoms with van der Waals surface area (Å²) < 4.78 is 5.05. The zero-order chi connectivity index (χ0) is 25.1. The van der Waals surface area contributed by atoms with Crippen LogP contribution < -0.4 is 26.0 Å². The molecule has 0 aliphatic carbocycles. The van der Waals surface area contributed by atoms with Crippen LogP contribution in [0.1, 0.15) is 33.1 Å². The van der Waals surface area contributed by atoms with Gasteiger partial charge in [-0.25, -0.2) is 4.79 Å². The number of ether oxygens (including phenoxy) is 1. The highest BCUT2D eigenvalue weighted by Gasteiger charge is 2.27. The summed E-state index contributed by atoms with van der Waals surface area (Å²) in [7, 11) is 3.40. The summed E-state index contributed by atoms with van der Waals surface area (Å²) in [6.45, 7) is 4.49. The van der Waals surface area contributed by atoms with Gasteiger partial charge in [-0.15, -0.1) is 0 Å². The Labute approximate surface area is 207 Å². The van der Waals surface area contributed by atoms with Crippen molar-refractivity contribution in [1.82, 2.24) is 26.2 Å². The van der Waals surface area contributed by atoms with Crippen LogP contribution in [0.2, 0.25) is 0 Å². The third kappa shape index (κ3) is 5.26. The van der Waals surface area contributed by atoms with Crippen LogP contribution in [0.25, 0.3) is 0 Å². The topological polar surface area (TPSA) is 112 Å². The minimum absolute atomic E-state index is 0.0777. The first-order valence-electron chi connectivity index (χ1n) is 10.7. The lowest BCUT2D eigenvalue weighted by Crippen LogP contribution is -2.26. The molecule has 3 aliphatic heterocycles. The van der Waals surface area contributed by atoms with Crippen LogP contribution in [-0.2, 0) is 11.3 Å². The summed E-state index contributed by atoms with van der Waals surface area (Å²) in [5.41, 5.74) is 3.58. The van der Waals surface area contributed by atoms with Crippen molar-refractivity contribution in [1.29, 1.82) is 0 Å². The molecule has 2 unspecified atom stereocenters. The lowest BCUT2D eigenvalue weighted by Gasteiger charge is -2.09. The van der Waals surface area contributed by atoms with E-state index in [1.54, 1.807) is 25.1 Å². The van der Waals surface area contributed by atoms with Gasteiger partial charge in [0.15, 0.2) is 6.04 Å². The molecule has 2 aromatic rings. The van der Waals surface area contributed by atoms with Crippen LogP contribution in [0.15, 0.2) is 54.9 Å². The van der Waals surface area contributed by atoms with Crippen molar-refractivity contribution in [2.45, 2.75) is 18.6 Å². The molecule has 2 fully saturated rings. The molecular weight excluding hydrogens is 466 g/mol. The standard InChI is InChI=1S/C15H12N4O2S.C10H11NO2/c1-8-16-12(14(22)17-8)10-5-2-9(3-6-10)4-7-11-13(20)19-15(21)18-11;1-11-6-7-3-4-8(13-2)5-9(7)10(11)12/h2-3,5-6,11-12,16H,1H2,(H,17,22)(H2,18,19,20,21);3-5H,6H2,1-2H3. The fraction of sp³-hybridized carbons (Fsp3) is 0.200. The van der Waals surface area contributed by atoms with Crippen molar-refractivity contribution in [2.75, 3.05) is 14.2 Å². The molecular formula is C25H23N5O4S. The molecule has 0 bridgehead atoms. The zero-order valence-electron chi connectivity index (χ0n) is 19.1. The van der Waals surface area contributed by atoms with Crippen LogP contribution in [-0.4, -0.2) is 47.9 Å². The normalized spacial score (nSPS) is 19.9. The second-order valence-corrected chi connectivity index (χ2v) is 8.46. The molecule has 4 amide bonds. The number of benzene rings is 2. The Morgan fingerprint density at radius 1 is 1.09 bits per heavy atom. The monoisotopic (exact) mass is 489 g/mol. The van der Waals surface area contributed by atoms with Crippen molar-refractivity contribution >= 4 is 35.1 Å². The first-order valence-corrected chi connectivity index (χ1v) is 11.1. The number of fused-ring (bicyclic) bond motifs is 1. The second-order valence-electron chi connectivity index (χ2n) is 8.02. The Morgan fingerprint density at radius 2 is 1.83 bits per heavy atom. The van der Waals surface area contributed by atoms with E-state index in [1.165, 1.54) is 0 Å². The summed E-state index contributed by atoms with van der Waals surface area (Å²) in [6, 6.07) is 11.7. The largest absolute Gasteiger partial charge is 0.497 e. The predicted molar refractivity (Wildman–Crippen MR) is 133 cm³/mol. The maximum atomic E-state index is 11.5. The fourth-order valence-corrected chi connectivity index (χ4v) is 4.03. The number of carbonyl (C=O) groups is 3. The molecule has 2 atom stereocenters. The van der Waals surface area contributed by atoms with Crippen LogP contribution in [0.5, 0.6) is 5.75 Å². The fourth-order valence-electron chi connectivity index (χ4n) is 3.72. The van der Waals surface area contributed by atoms with Crippen LogP contribution in [0.4, 0.5) is 4.79 Å². The number of rotatable bonds is 2. The van der Waals surface area contributed by atoms with Gasteiger partial charge in [0.2, 0.25) is 0 Å². The Hall–Kier alpha value is -4.36.